The molecule has 1 aliphatic rings. The van der Waals surface area contributed by atoms with Crippen LogP contribution in [0, 0.1) is 0 Å². The van der Waals surface area contributed by atoms with Crippen molar-refractivity contribution in [2.75, 3.05) is 30.5 Å². The molecule has 1 aliphatic heterocycles. The number of benzene rings is 3. The molecule has 32 heavy (non-hydrogen) atoms. The van der Waals surface area contributed by atoms with E-state index in [-0.39, 0.29) is 18.4 Å². The lowest BCUT2D eigenvalue weighted by Gasteiger charge is -2.19. The van der Waals surface area contributed by atoms with Crippen LogP contribution in [0.5, 0.6) is 11.5 Å². The summed E-state index contributed by atoms with van der Waals surface area (Å²) in [6, 6.07) is 23.2. The molecule has 6 nitrogen and oxygen atoms in total. The van der Waals surface area contributed by atoms with Crippen LogP contribution in [0.4, 0.5) is 11.4 Å². The van der Waals surface area contributed by atoms with Gasteiger partial charge in [0.25, 0.3) is 5.91 Å². The average molecular weight is 431 g/mol. The Labute approximate surface area is 187 Å². The van der Waals surface area contributed by atoms with Crippen LogP contribution in [-0.4, -0.2) is 32.1 Å². The summed E-state index contributed by atoms with van der Waals surface area (Å²) >= 11 is 0. The molecule has 0 atom stereocenters. The van der Waals surface area contributed by atoms with Crippen molar-refractivity contribution >= 4 is 23.2 Å². The first-order valence-electron chi connectivity index (χ1n) is 10.7. The van der Waals surface area contributed by atoms with E-state index < -0.39 is 0 Å². The fraction of sp³-hybridized carbons (Fsp3) is 0.231. The maximum atomic E-state index is 12.5. The molecule has 1 saturated heterocycles. The lowest BCUT2D eigenvalue weighted by atomic mass is 10.0. The molecule has 6 heteroatoms. The van der Waals surface area contributed by atoms with Crippen LogP contribution in [0.15, 0.2) is 72.8 Å². The van der Waals surface area contributed by atoms with E-state index in [0.717, 1.165) is 24.1 Å². The molecule has 0 saturated carbocycles. The van der Waals surface area contributed by atoms with Crippen molar-refractivity contribution in [3.8, 4) is 11.5 Å². The maximum absolute atomic E-state index is 12.5. The van der Waals surface area contributed by atoms with E-state index in [1.807, 2.05) is 42.5 Å². The van der Waals surface area contributed by atoms with Gasteiger partial charge in [-0.25, -0.2) is 0 Å². The third-order valence-electron chi connectivity index (χ3n) is 5.40. The zero-order valence-corrected chi connectivity index (χ0v) is 18.0. The van der Waals surface area contributed by atoms with E-state index in [1.54, 1.807) is 30.2 Å². The van der Waals surface area contributed by atoms with Crippen molar-refractivity contribution in [1.82, 2.24) is 0 Å². The summed E-state index contributed by atoms with van der Waals surface area (Å²) in [5.41, 5.74) is 3.51. The molecule has 0 spiro atoms. The third-order valence-corrected chi connectivity index (χ3v) is 5.40. The summed E-state index contributed by atoms with van der Waals surface area (Å²) in [6.45, 7) is 0.567. The van der Waals surface area contributed by atoms with Crippen molar-refractivity contribution in [1.29, 1.82) is 0 Å². The van der Waals surface area contributed by atoms with Crippen molar-refractivity contribution in [3.05, 3.63) is 83.9 Å². The number of para-hydroxylation sites is 1. The minimum absolute atomic E-state index is 0.0858. The van der Waals surface area contributed by atoms with Gasteiger partial charge in [-0.05, 0) is 35.7 Å². The van der Waals surface area contributed by atoms with E-state index in [1.165, 1.54) is 5.56 Å². The zero-order chi connectivity index (χ0) is 22.3. The average Bonchev–Trinajstić information content (AvgIpc) is 3.24. The second-order valence-electron chi connectivity index (χ2n) is 7.64. The number of anilines is 2. The summed E-state index contributed by atoms with van der Waals surface area (Å²) in [5.74, 6) is 1.05. The maximum Gasteiger partial charge on any atom is 0.262 e. The molecule has 164 valence electrons. The van der Waals surface area contributed by atoms with Crippen molar-refractivity contribution in [3.63, 3.8) is 0 Å². The van der Waals surface area contributed by atoms with Crippen LogP contribution in [0.2, 0.25) is 0 Å². The summed E-state index contributed by atoms with van der Waals surface area (Å²) < 4.78 is 11.3. The Bertz CT molecular complexity index is 1100. The molecular weight excluding hydrogens is 404 g/mol. The van der Waals surface area contributed by atoms with Gasteiger partial charge in [-0.3, -0.25) is 9.59 Å². The van der Waals surface area contributed by atoms with Gasteiger partial charge in [-0.1, -0.05) is 48.5 Å². The molecule has 0 aromatic heterocycles. The number of methoxy groups -OCH3 is 1. The molecule has 1 heterocycles. The van der Waals surface area contributed by atoms with Gasteiger partial charge in [-0.2, -0.15) is 0 Å². The molecule has 1 fully saturated rings. The third kappa shape index (κ3) is 5.09. The number of carbonyl (C=O) groups excluding carboxylic acids is 2. The van der Waals surface area contributed by atoms with Crippen LogP contribution < -0.4 is 19.7 Å². The molecule has 3 aromatic carbocycles. The Morgan fingerprint density at radius 1 is 1.00 bits per heavy atom. The van der Waals surface area contributed by atoms with Crippen molar-refractivity contribution < 1.29 is 19.1 Å². The van der Waals surface area contributed by atoms with E-state index in [2.05, 4.69) is 17.4 Å². The number of hydrogen-bond donors (Lipinski definition) is 1. The molecule has 0 unspecified atom stereocenters. The second-order valence-corrected chi connectivity index (χ2v) is 7.64. The quantitative estimate of drug-likeness (QED) is 0.574. The van der Waals surface area contributed by atoms with Crippen LogP contribution in [0.1, 0.15) is 24.0 Å². The smallest absolute Gasteiger partial charge is 0.262 e. The van der Waals surface area contributed by atoms with E-state index in [9.17, 15) is 9.59 Å². The van der Waals surface area contributed by atoms with E-state index in [4.69, 9.17) is 9.47 Å². The predicted molar refractivity (Wildman–Crippen MR) is 124 cm³/mol. The predicted octanol–water partition coefficient (Wildman–Crippen LogP) is 4.43. The minimum atomic E-state index is -0.272. The highest BCUT2D eigenvalue weighted by Crippen LogP contribution is 2.33. The Morgan fingerprint density at radius 2 is 1.78 bits per heavy atom. The van der Waals surface area contributed by atoms with Gasteiger partial charge in [0.2, 0.25) is 5.91 Å². The molecule has 0 radical (unpaired) electrons. The normalized spacial score (nSPS) is 13.2. The molecule has 0 bridgehead atoms. The SMILES string of the molecule is COc1cc(NC(=O)COc2ccccc2Cc2ccccc2)ccc1N1CCCC1=O. The summed E-state index contributed by atoms with van der Waals surface area (Å²) in [7, 11) is 1.55. The first kappa shape index (κ1) is 21.4. The van der Waals surface area contributed by atoms with Crippen LogP contribution in [0.3, 0.4) is 0 Å². The number of ether oxygens (including phenoxy) is 2. The largest absolute Gasteiger partial charge is 0.494 e. The molecular formula is C26H26N2O4. The van der Waals surface area contributed by atoms with Gasteiger partial charge in [0.1, 0.15) is 11.5 Å². The van der Waals surface area contributed by atoms with Crippen LogP contribution in [-0.2, 0) is 16.0 Å². The lowest BCUT2D eigenvalue weighted by molar-refractivity contribution is -0.118. The Balaban J connectivity index is 1.39. The topological polar surface area (TPSA) is 67.9 Å². The van der Waals surface area contributed by atoms with Gasteiger partial charge >= 0.3 is 0 Å². The van der Waals surface area contributed by atoms with E-state index >= 15 is 0 Å². The van der Waals surface area contributed by atoms with Gasteiger partial charge in [0.05, 0.1) is 12.8 Å². The van der Waals surface area contributed by atoms with Crippen LogP contribution >= 0.6 is 0 Å². The van der Waals surface area contributed by atoms with Crippen molar-refractivity contribution in [2.45, 2.75) is 19.3 Å². The van der Waals surface area contributed by atoms with Gasteiger partial charge in [0, 0.05) is 31.1 Å². The molecule has 4 rings (SSSR count). The minimum Gasteiger partial charge on any atom is -0.494 e. The highest BCUT2D eigenvalue weighted by molar-refractivity contribution is 5.98. The number of rotatable bonds is 8. The molecule has 0 aliphatic carbocycles. The van der Waals surface area contributed by atoms with Crippen molar-refractivity contribution in [2.24, 2.45) is 0 Å². The fourth-order valence-electron chi connectivity index (χ4n) is 3.83. The van der Waals surface area contributed by atoms with Crippen LogP contribution in [0.25, 0.3) is 0 Å². The van der Waals surface area contributed by atoms with Gasteiger partial charge in [0.15, 0.2) is 6.61 Å². The fourth-order valence-corrected chi connectivity index (χ4v) is 3.83. The number of nitrogens with zero attached hydrogens (tertiary/aromatic N) is 1. The molecule has 3 aromatic rings. The first-order chi connectivity index (χ1) is 15.6. The van der Waals surface area contributed by atoms with Gasteiger partial charge in [-0.15, -0.1) is 0 Å². The Morgan fingerprint density at radius 3 is 2.53 bits per heavy atom. The number of hydrogen-bond acceptors (Lipinski definition) is 4. The standard InChI is InChI=1S/C26H26N2O4/c1-31-24-17-21(13-14-22(24)28-15-7-12-26(28)30)27-25(29)18-32-23-11-6-5-10-20(23)16-19-8-3-2-4-9-19/h2-6,8-11,13-14,17H,7,12,15-16,18H2,1H3,(H,27,29). The molecule has 2 amide bonds. The number of nitrogens with one attached hydrogen (secondary N) is 1. The summed E-state index contributed by atoms with van der Waals surface area (Å²) in [6.07, 6.45) is 2.11. The van der Waals surface area contributed by atoms with Gasteiger partial charge < -0.3 is 19.7 Å². The zero-order valence-electron chi connectivity index (χ0n) is 18.0. The highest BCUT2D eigenvalue weighted by atomic mass is 16.5. The lowest BCUT2D eigenvalue weighted by Crippen LogP contribution is -2.24. The van der Waals surface area contributed by atoms with E-state index in [0.29, 0.717) is 30.2 Å². The monoisotopic (exact) mass is 430 g/mol. The summed E-state index contributed by atoms with van der Waals surface area (Å²) in [4.78, 5) is 26.3. The second kappa shape index (κ2) is 10.0. The number of carbonyl (C=O) groups is 2. The Kier molecular flexibility index (Phi) is 6.70. The summed E-state index contributed by atoms with van der Waals surface area (Å²) in [5, 5.41) is 2.84. The number of amides is 2. The first-order valence-corrected chi connectivity index (χ1v) is 10.7. The molecule has 1 N–H and O–H groups in total. The Hall–Kier alpha value is -3.80. The highest BCUT2D eigenvalue weighted by Gasteiger charge is 2.24.